The van der Waals surface area contributed by atoms with E-state index in [9.17, 15) is 34.1 Å². The van der Waals surface area contributed by atoms with E-state index in [4.69, 9.17) is 0 Å². The molecule has 0 saturated heterocycles. The second-order valence-corrected chi connectivity index (χ2v) is 12.5. The Labute approximate surface area is 264 Å². The Bertz CT molecular complexity index is 864. The summed E-state index contributed by atoms with van der Waals surface area (Å²) in [7, 11) is -4.71. The molecule has 0 bridgehead atoms. The van der Waals surface area contributed by atoms with Gasteiger partial charge in [0.1, 0.15) is 12.7 Å². The van der Waals surface area contributed by atoms with Crippen LogP contribution in [-0.4, -0.2) is 64.9 Å². The Morgan fingerprint density at radius 3 is 1.77 bits per heavy atom. The maximum Gasteiger partial charge on any atom is 0.472 e. The van der Waals surface area contributed by atoms with Crippen molar-refractivity contribution >= 4 is 25.7 Å². The topological polar surface area (TPSA) is 169 Å². The summed E-state index contributed by atoms with van der Waals surface area (Å²) in [5.74, 6) is -2.56. The third-order valence-corrected chi connectivity index (χ3v) is 7.75. The van der Waals surface area contributed by atoms with E-state index in [1.165, 1.54) is 77.0 Å². The fraction of sp³-hybridized carbons (Fsp3) is 0.781. The molecule has 12 heteroatoms. The largest absolute Gasteiger partial charge is 0.480 e. The van der Waals surface area contributed by atoms with Crippen molar-refractivity contribution in [2.75, 3.05) is 19.8 Å². The number of hydrogen-bond acceptors (Lipinski definition) is 8. The summed E-state index contributed by atoms with van der Waals surface area (Å²) in [6.45, 7) is 1.44. The van der Waals surface area contributed by atoms with Crippen LogP contribution in [0.2, 0.25) is 0 Å². The van der Waals surface area contributed by atoms with Gasteiger partial charge in [0.25, 0.3) is 0 Å². The number of carbonyl (C=O) groups is 3. The number of aliphatic hydroxyl groups excluding tert-OH is 1. The van der Waals surface area contributed by atoms with Crippen LogP contribution in [0.4, 0.5) is 0 Å². The Morgan fingerprint density at radius 1 is 0.750 bits per heavy atom. The van der Waals surface area contributed by atoms with E-state index in [1.807, 2.05) is 0 Å². The molecule has 0 fully saturated rings. The molecule has 0 aliphatic heterocycles. The van der Waals surface area contributed by atoms with Gasteiger partial charge in [-0.2, -0.15) is 0 Å². The van der Waals surface area contributed by atoms with Gasteiger partial charge in [-0.3, -0.25) is 18.6 Å². The zero-order chi connectivity index (χ0) is 32.9. The number of carboxylic acid groups (broad SMARTS) is 1. The Hall–Kier alpha value is -2.04. The van der Waals surface area contributed by atoms with Gasteiger partial charge in [0.05, 0.1) is 13.2 Å². The maximum absolute atomic E-state index is 12.2. The van der Waals surface area contributed by atoms with E-state index in [-0.39, 0.29) is 6.42 Å². The van der Waals surface area contributed by atoms with Gasteiger partial charge in [0.2, 0.25) is 5.91 Å². The van der Waals surface area contributed by atoms with Gasteiger partial charge in [0.15, 0.2) is 6.04 Å². The maximum atomic E-state index is 12.2. The molecule has 0 aliphatic carbocycles. The van der Waals surface area contributed by atoms with E-state index in [1.54, 1.807) is 0 Å². The zero-order valence-corrected chi connectivity index (χ0v) is 27.9. The zero-order valence-electron chi connectivity index (χ0n) is 27.0. The number of nitrogens with one attached hydrogen (secondary N) is 1. The van der Waals surface area contributed by atoms with Crippen molar-refractivity contribution in [2.45, 2.75) is 142 Å². The molecule has 0 aromatic carbocycles. The third kappa shape index (κ3) is 28.7. The van der Waals surface area contributed by atoms with Crippen LogP contribution in [-0.2, 0) is 32.7 Å². The summed E-state index contributed by atoms with van der Waals surface area (Å²) in [5.41, 5.74) is 0. The molecule has 0 aliphatic rings. The molecule has 0 heterocycles. The van der Waals surface area contributed by atoms with Crippen molar-refractivity contribution in [2.24, 2.45) is 0 Å². The minimum Gasteiger partial charge on any atom is -0.480 e. The second kappa shape index (κ2) is 28.4. The molecule has 0 radical (unpaired) electrons. The van der Waals surface area contributed by atoms with E-state index >= 15 is 0 Å². The number of aliphatic hydroxyl groups is 1. The number of unbranched alkanes of at least 4 members (excludes halogenated alkanes) is 14. The van der Waals surface area contributed by atoms with Crippen LogP contribution in [0.15, 0.2) is 24.3 Å². The van der Waals surface area contributed by atoms with Gasteiger partial charge in [-0.15, -0.1) is 0 Å². The second-order valence-electron chi connectivity index (χ2n) is 11.1. The van der Waals surface area contributed by atoms with Crippen molar-refractivity contribution in [1.82, 2.24) is 5.32 Å². The van der Waals surface area contributed by atoms with Crippen molar-refractivity contribution < 1.29 is 47.8 Å². The van der Waals surface area contributed by atoms with Gasteiger partial charge < -0.3 is 25.2 Å². The van der Waals surface area contributed by atoms with Gasteiger partial charge in [-0.25, -0.2) is 9.36 Å². The standard InChI is InChI=1S/C32H58NO10P/c1-3-4-5-6-7-8-9-10-11-12-13-14-15-16-17-18-19-20-21-22-23-24-31(36)33-30(32(37)38)27-43-44(39,40)42-26-29(35)25-41-28(2)34/h7-8,10-11,29-30,35H,3-6,9,12-27H2,1-2H3,(H,33,36)(H,37,38)(H,39,40)/b8-7-,11-10-. The molecule has 4 N–H and O–H groups in total. The lowest BCUT2D eigenvalue weighted by Gasteiger charge is -2.18. The fourth-order valence-electron chi connectivity index (χ4n) is 4.25. The van der Waals surface area contributed by atoms with Crippen LogP contribution in [0.25, 0.3) is 0 Å². The summed E-state index contributed by atoms with van der Waals surface area (Å²) in [4.78, 5) is 44.0. The van der Waals surface area contributed by atoms with Crippen molar-refractivity contribution in [1.29, 1.82) is 0 Å². The number of carboxylic acids is 1. The van der Waals surface area contributed by atoms with Crippen LogP contribution in [0.1, 0.15) is 129 Å². The summed E-state index contributed by atoms with van der Waals surface area (Å²) < 4.78 is 25.7. The van der Waals surface area contributed by atoms with Gasteiger partial charge in [-0.05, 0) is 38.5 Å². The highest BCUT2D eigenvalue weighted by Gasteiger charge is 2.28. The smallest absolute Gasteiger partial charge is 0.472 e. The molecule has 0 aromatic rings. The highest BCUT2D eigenvalue weighted by Crippen LogP contribution is 2.43. The lowest BCUT2D eigenvalue weighted by molar-refractivity contribution is -0.144. The molecule has 0 aromatic heterocycles. The van der Waals surface area contributed by atoms with E-state index in [2.05, 4.69) is 50.3 Å². The fourth-order valence-corrected chi connectivity index (χ4v) is 5.02. The molecule has 3 unspecified atom stereocenters. The first-order valence-corrected chi connectivity index (χ1v) is 17.8. The Morgan fingerprint density at radius 2 is 1.25 bits per heavy atom. The lowest BCUT2D eigenvalue weighted by Crippen LogP contribution is -2.43. The molecule has 1 amide bonds. The number of rotatable bonds is 30. The van der Waals surface area contributed by atoms with Gasteiger partial charge in [-0.1, -0.05) is 102 Å². The number of aliphatic carboxylic acids is 1. The van der Waals surface area contributed by atoms with E-state index < -0.39 is 57.6 Å². The van der Waals surface area contributed by atoms with Crippen LogP contribution >= 0.6 is 7.82 Å². The number of carbonyl (C=O) groups excluding carboxylic acids is 2. The quantitative estimate of drug-likeness (QED) is 0.0283. The normalized spacial score (nSPS) is 14.5. The monoisotopic (exact) mass is 647 g/mol. The summed E-state index contributed by atoms with van der Waals surface area (Å²) in [6, 6.07) is -1.54. The molecule has 0 rings (SSSR count). The van der Waals surface area contributed by atoms with Crippen molar-refractivity contribution in [3.05, 3.63) is 24.3 Å². The minimum atomic E-state index is -4.71. The van der Waals surface area contributed by atoms with Crippen LogP contribution in [0, 0.1) is 0 Å². The Kier molecular flexibility index (Phi) is 27.1. The number of phosphoric acid groups is 1. The third-order valence-electron chi connectivity index (χ3n) is 6.80. The minimum absolute atomic E-state index is 0.143. The first kappa shape index (κ1) is 42.0. The van der Waals surface area contributed by atoms with Crippen LogP contribution < -0.4 is 5.32 Å². The summed E-state index contributed by atoms with van der Waals surface area (Å²) in [6.07, 6.45) is 27.5. The number of esters is 1. The lowest BCUT2D eigenvalue weighted by atomic mass is 10.0. The highest BCUT2D eigenvalue weighted by molar-refractivity contribution is 7.47. The van der Waals surface area contributed by atoms with Crippen molar-refractivity contribution in [3.63, 3.8) is 0 Å². The predicted octanol–water partition coefficient (Wildman–Crippen LogP) is 6.77. The number of amides is 1. The number of ether oxygens (including phenoxy) is 1. The van der Waals surface area contributed by atoms with Crippen molar-refractivity contribution in [3.8, 4) is 0 Å². The highest BCUT2D eigenvalue weighted by atomic mass is 31.2. The molecule has 3 atom stereocenters. The number of phosphoric ester groups is 1. The van der Waals surface area contributed by atoms with Gasteiger partial charge >= 0.3 is 19.8 Å². The molecule has 256 valence electrons. The molecule has 44 heavy (non-hydrogen) atoms. The first-order chi connectivity index (χ1) is 21.1. The number of hydrogen-bond donors (Lipinski definition) is 4. The summed E-state index contributed by atoms with van der Waals surface area (Å²) >= 11 is 0. The van der Waals surface area contributed by atoms with Gasteiger partial charge in [0, 0.05) is 13.3 Å². The van der Waals surface area contributed by atoms with E-state index in [0.717, 1.165) is 32.6 Å². The first-order valence-electron chi connectivity index (χ1n) is 16.3. The molecule has 11 nitrogen and oxygen atoms in total. The summed E-state index contributed by atoms with van der Waals surface area (Å²) in [5, 5.41) is 21.2. The SMILES string of the molecule is CCCCC/C=C\C/C=C\CCCCCCCCCCCCCC(=O)NC(COP(=O)(O)OCC(O)COC(C)=O)C(=O)O. The van der Waals surface area contributed by atoms with E-state index in [0.29, 0.717) is 6.42 Å². The molecule has 0 saturated carbocycles. The molecular formula is C32H58NO10P. The van der Waals surface area contributed by atoms with Crippen LogP contribution in [0.3, 0.4) is 0 Å². The molecule has 0 spiro atoms. The average molecular weight is 648 g/mol. The Balaban J connectivity index is 3.78. The predicted molar refractivity (Wildman–Crippen MR) is 171 cm³/mol. The molecular weight excluding hydrogens is 589 g/mol. The van der Waals surface area contributed by atoms with Crippen LogP contribution in [0.5, 0.6) is 0 Å². The number of allylic oxidation sites excluding steroid dienone is 4. The average Bonchev–Trinajstić information content (AvgIpc) is 2.97.